The Bertz CT molecular complexity index is 4230. The molecule has 0 radical (unpaired) electrons. The Hall–Kier alpha value is -10.7. The lowest BCUT2D eigenvalue weighted by Gasteiger charge is -2.30. The molecule has 0 saturated heterocycles. The molecule has 0 unspecified atom stereocenters. The van der Waals surface area contributed by atoms with Crippen molar-refractivity contribution in [3.63, 3.8) is 0 Å². The van der Waals surface area contributed by atoms with Gasteiger partial charge in [0.15, 0.2) is 0 Å². The Labute approximate surface area is 488 Å². The third kappa shape index (κ3) is 9.86. The summed E-state index contributed by atoms with van der Waals surface area (Å²) in [7, 11) is 0. The summed E-state index contributed by atoms with van der Waals surface area (Å²) in [4.78, 5) is 4.73. The van der Waals surface area contributed by atoms with Crippen LogP contribution in [0.3, 0.4) is 0 Å². The second kappa shape index (κ2) is 22.8. The predicted molar refractivity (Wildman–Crippen MR) is 350 cm³/mol. The molecule has 4 nitrogen and oxygen atoms in total. The maximum Gasteiger partial charge on any atom is 0.130 e. The molecule has 0 amide bonds. The van der Waals surface area contributed by atoms with Gasteiger partial charge in [0.2, 0.25) is 0 Å². The summed E-state index contributed by atoms with van der Waals surface area (Å²) in [6, 6.07) is 118. The van der Waals surface area contributed by atoms with E-state index in [-0.39, 0.29) is 0 Å². The van der Waals surface area contributed by atoms with Gasteiger partial charge in [-0.05, 0) is 126 Å². The maximum atomic E-state index is 5.24. The summed E-state index contributed by atoms with van der Waals surface area (Å²) < 4.78 is 10.5. The first-order valence-corrected chi connectivity index (χ1v) is 28.8. The lowest BCUT2D eigenvalue weighted by molar-refractivity contribution is 1.28. The van der Waals surface area contributed by atoms with Gasteiger partial charge in [0.1, 0.15) is 11.0 Å². The van der Waals surface area contributed by atoms with Gasteiger partial charge in [0.25, 0.3) is 0 Å². The van der Waals surface area contributed by atoms with Crippen molar-refractivity contribution < 1.29 is 0 Å². The Balaban J connectivity index is 0.950. The predicted octanol–water partition coefficient (Wildman–Crippen LogP) is 21.0. The number of anilines is 6. The molecule has 0 atom stereocenters. The van der Waals surface area contributed by atoms with E-state index in [1.807, 2.05) is 0 Å². The van der Waals surface area contributed by atoms with Crippen molar-refractivity contribution in [1.29, 1.82) is 0 Å². The Kier molecular flexibility index (Phi) is 13.9. The average molecular weight is 1080 g/mol. The number of rotatable bonds is 14. The normalized spacial score (nSPS) is 11.1. The van der Waals surface area contributed by atoms with Gasteiger partial charge >= 0.3 is 0 Å². The van der Waals surface area contributed by atoms with Gasteiger partial charge in [0, 0.05) is 22.1 Å². The van der Waals surface area contributed by atoms with Crippen LogP contribution in [0.1, 0.15) is 44.5 Å². The van der Waals surface area contributed by atoms with Crippen LogP contribution in [0, 0.1) is 0 Å². The van der Waals surface area contributed by atoms with Crippen LogP contribution < -0.4 is 9.80 Å². The van der Waals surface area contributed by atoms with Crippen LogP contribution >= 0.6 is 11.7 Å². The minimum absolute atomic E-state index is 0.802. The molecule has 0 aliphatic heterocycles. The second-order valence-electron chi connectivity index (χ2n) is 20.5. The maximum absolute atomic E-state index is 5.24. The number of nitrogens with zero attached hydrogens (tertiary/aromatic N) is 4. The summed E-state index contributed by atoms with van der Waals surface area (Å²) in [6.07, 6.45) is 0. The van der Waals surface area contributed by atoms with E-state index in [2.05, 4.69) is 337 Å². The van der Waals surface area contributed by atoms with Crippen molar-refractivity contribution >= 4 is 101 Å². The molecule has 0 N–H and O–H groups in total. The van der Waals surface area contributed by atoms with Crippen LogP contribution in [-0.4, -0.2) is 8.75 Å². The summed E-state index contributed by atoms with van der Waals surface area (Å²) in [6.45, 7) is 0. The summed E-state index contributed by atoms with van der Waals surface area (Å²) in [5.41, 5.74) is 21.3. The quantitative estimate of drug-likeness (QED) is 0.102. The highest BCUT2D eigenvalue weighted by Crippen LogP contribution is 2.49. The molecule has 5 heteroatoms. The number of fused-ring (bicyclic) bond motifs is 3. The van der Waals surface area contributed by atoms with E-state index in [0.717, 1.165) is 122 Å². The van der Waals surface area contributed by atoms with Crippen LogP contribution in [0.25, 0.3) is 54.9 Å². The Morgan fingerprint density at radius 2 is 0.470 bits per heavy atom. The SMILES string of the molecule is c1ccc(C(=C(c2ccccc2)c2ccc(N(c3cccc4ccccc34)c3ccc(N(c4ccc(C(=C(c5ccccc5)c5ccccc5)c5ccccc5)cc4)c4cccc5ccccc45)c4nsnc34)cc2)c2ccccc2)cc1. The molecule has 13 aromatic carbocycles. The van der Waals surface area contributed by atoms with Crippen molar-refractivity contribution in [2.24, 2.45) is 0 Å². The van der Waals surface area contributed by atoms with Gasteiger partial charge in [-0.1, -0.05) is 279 Å². The van der Waals surface area contributed by atoms with E-state index in [1.165, 1.54) is 22.9 Å². The third-order valence-electron chi connectivity index (χ3n) is 15.6. The fourth-order valence-electron chi connectivity index (χ4n) is 11.8. The van der Waals surface area contributed by atoms with Crippen LogP contribution in [0.15, 0.2) is 328 Å². The van der Waals surface area contributed by atoms with Crippen LogP contribution in [0.2, 0.25) is 0 Å². The minimum atomic E-state index is 0.802. The molecular formula is C78H54N4S. The zero-order valence-corrected chi connectivity index (χ0v) is 46.2. The van der Waals surface area contributed by atoms with Crippen LogP contribution in [0.4, 0.5) is 34.1 Å². The van der Waals surface area contributed by atoms with Gasteiger partial charge in [-0.25, -0.2) is 0 Å². The molecule has 0 aliphatic rings. The van der Waals surface area contributed by atoms with Gasteiger partial charge in [-0.15, -0.1) is 0 Å². The van der Waals surface area contributed by atoms with Gasteiger partial charge < -0.3 is 9.80 Å². The molecule has 83 heavy (non-hydrogen) atoms. The average Bonchev–Trinajstić information content (AvgIpc) is 4.14. The number of benzene rings is 13. The largest absolute Gasteiger partial charge is 0.308 e. The molecule has 392 valence electrons. The lowest BCUT2D eigenvalue weighted by atomic mass is 9.85. The van der Waals surface area contributed by atoms with E-state index >= 15 is 0 Å². The van der Waals surface area contributed by atoms with Gasteiger partial charge in [0.05, 0.1) is 34.5 Å². The van der Waals surface area contributed by atoms with Crippen molar-refractivity contribution in [3.05, 3.63) is 372 Å². The third-order valence-corrected chi connectivity index (χ3v) is 16.1. The summed E-state index contributed by atoms with van der Waals surface area (Å²) in [5, 5.41) is 4.56. The van der Waals surface area contributed by atoms with E-state index in [1.54, 1.807) is 0 Å². The first-order valence-electron chi connectivity index (χ1n) is 28.1. The highest BCUT2D eigenvalue weighted by Gasteiger charge is 2.27. The Morgan fingerprint density at radius 3 is 0.771 bits per heavy atom. The molecule has 0 bridgehead atoms. The fraction of sp³-hybridized carbons (Fsp3) is 0. The number of aromatic nitrogens is 2. The molecule has 0 saturated carbocycles. The monoisotopic (exact) mass is 1080 g/mol. The van der Waals surface area contributed by atoms with Crippen molar-refractivity contribution in [1.82, 2.24) is 8.75 Å². The summed E-state index contributed by atoms with van der Waals surface area (Å²) in [5.74, 6) is 0. The van der Waals surface area contributed by atoms with E-state index in [9.17, 15) is 0 Å². The van der Waals surface area contributed by atoms with Crippen LogP contribution in [0.5, 0.6) is 0 Å². The second-order valence-corrected chi connectivity index (χ2v) is 21.1. The molecule has 0 spiro atoms. The Morgan fingerprint density at radius 1 is 0.217 bits per heavy atom. The minimum Gasteiger partial charge on any atom is -0.308 e. The zero-order valence-electron chi connectivity index (χ0n) is 45.4. The summed E-state index contributed by atoms with van der Waals surface area (Å²) >= 11 is 1.24. The molecule has 14 aromatic rings. The number of hydrogen-bond acceptors (Lipinski definition) is 5. The molecule has 1 aromatic heterocycles. The van der Waals surface area contributed by atoms with Crippen molar-refractivity contribution in [2.45, 2.75) is 0 Å². The molecule has 1 heterocycles. The van der Waals surface area contributed by atoms with E-state index in [4.69, 9.17) is 8.75 Å². The highest BCUT2D eigenvalue weighted by molar-refractivity contribution is 7.00. The van der Waals surface area contributed by atoms with Crippen molar-refractivity contribution in [2.75, 3.05) is 9.80 Å². The van der Waals surface area contributed by atoms with Gasteiger partial charge in [-0.2, -0.15) is 8.75 Å². The number of hydrogen-bond donors (Lipinski definition) is 0. The van der Waals surface area contributed by atoms with Crippen LogP contribution in [-0.2, 0) is 0 Å². The van der Waals surface area contributed by atoms with E-state index < -0.39 is 0 Å². The lowest BCUT2D eigenvalue weighted by Crippen LogP contribution is -2.14. The zero-order chi connectivity index (χ0) is 55.3. The van der Waals surface area contributed by atoms with Gasteiger partial charge in [-0.3, -0.25) is 0 Å². The standard InChI is InChI=1S/C78H54N4S/c1-7-27-57(28-8-1)73(58-29-9-2-10-30-58)75(61-35-15-5-16-36-61)63-45-49-65(50-46-63)81(69-43-23-39-55-25-19-21-41-67(55)69)71-53-54-72(78-77(71)79-83-80-78)82(70-44-24-40-56-26-20-22-42-68(56)70)66-51-47-64(48-52-66)76(62-37-17-6-18-38-62)74(59-31-11-3-12-32-59)60-33-13-4-14-34-60/h1-54H. The molecule has 14 rings (SSSR count). The molecule has 0 fully saturated rings. The molecule has 0 aliphatic carbocycles. The first-order chi connectivity index (χ1) is 41.2. The fourth-order valence-corrected chi connectivity index (χ4v) is 12.4. The van der Waals surface area contributed by atoms with E-state index in [0.29, 0.717) is 0 Å². The first kappa shape index (κ1) is 50.5. The highest BCUT2D eigenvalue weighted by atomic mass is 32.1. The molecular weight excluding hydrogens is 1020 g/mol. The smallest absolute Gasteiger partial charge is 0.130 e. The van der Waals surface area contributed by atoms with Crippen molar-refractivity contribution in [3.8, 4) is 0 Å². The topological polar surface area (TPSA) is 32.3 Å².